The number of halogens is 1. The van der Waals surface area contributed by atoms with Crippen molar-refractivity contribution in [2.45, 2.75) is 20.3 Å². The lowest BCUT2D eigenvalue weighted by atomic mass is 10.1. The van der Waals surface area contributed by atoms with Crippen LogP contribution in [0.25, 0.3) is 6.08 Å². The highest BCUT2D eigenvalue weighted by Crippen LogP contribution is 2.09. The van der Waals surface area contributed by atoms with E-state index >= 15 is 0 Å². The lowest BCUT2D eigenvalue weighted by Crippen LogP contribution is -1.76. The Morgan fingerprint density at radius 2 is 1.92 bits per heavy atom. The first kappa shape index (κ1) is 8.98. The van der Waals surface area contributed by atoms with Crippen LogP contribution in [0.3, 0.4) is 0 Å². The summed E-state index contributed by atoms with van der Waals surface area (Å²) in [5, 5.41) is 0. The molecule has 12 heavy (non-hydrogen) atoms. The van der Waals surface area contributed by atoms with Gasteiger partial charge in [-0.25, -0.2) is 4.39 Å². The van der Waals surface area contributed by atoms with Crippen molar-refractivity contribution in [1.82, 2.24) is 0 Å². The van der Waals surface area contributed by atoms with Crippen molar-refractivity contribution in [3.05, 3.63) is 41.2 Å². The molecule has 0 fully saturated rings. The average molecular weight is 164 g/mol. The van der Waals surface area contributed by atoms with Crippen LogP contribution in [0, 0.1) is 5.82 Å². The monoisotopic (exact) mass is 164 g/mol. The van der Waals surface area contributed by atoms with Gasteiger partial charge in [0.2, 0.25) is 0 Å². The maximum atomic E-state index is 12.5. The van der Waals surface area contributed by atoms with Crippen molar-refractivity contribution < 1.29 is 4.39 Å². The van der Waals surface area contributed by atoms with Crippen molar-refractivity contribution in [1.29, 1.82) is 0 Å². The lowest BCUT2D eigenvalue weighted by Gasteiger charge is -1.96. The highest BCUT2D eigenvalue weighted by molar-refractivity contribution is 5.51. The summed E-state index contributed by atoms with van der Waals surface area (Å²) in [4.78, 5) is 0. The Labute approximate surface area is 72.7 Å². The number of benzene rings is 1. The average Bonchev–Trinajstić information content (AvgIpc) is 2.09. The Morgan fingerprint density at radius 1 is 1.33 bits per heavy atom. The van der Waals surface area contributed by atoms with E-state index < -0.39 is 0 Å². The molecular weight excluding hydrogens is 151 g/mol. The van der Waals surface area contributed by atoms with E-state index in [4.69, 9.17) is 0 Å². The van der Waals surface area contributed by atoms with Gasteiger partial charge in [0.15, 0.2) is 0 Å². The van der Waals surface area contributed by atoms with Gasteiger partial charge in [-0.2, -0.15) is 0 Å². The van der Waals surface area contributed by atoms with Gasteiger partial charge in [-0.3, -0.25) is 0 Å². The van der Waals surface area contributed by atoms with Crippen molar-refractivity contribution in [3.8, 4) is 0 Å². The third-order valence-electron chi connectivity index (χ3n) is 1.84. The molecule has 0 bridgehead atoms. The number of rotatable bonds is 2. The first-order valence-corrected chi connectivity index (χ1v) is 4.15. The minimum atomic E-state index is -0.179. The fraction of sp³-hybridized carbons (Fsp3) is 0.273. The zero-order valence-electron chi connectivity index (χ0n) is 7.47. The summed E-state index contributed by atoms with van der Waals surface area (Å²) in [6, 6.07) is 6.53. The number of hydrogen-bond acceptors (Lipinski definition) is 0. The molecule has 1 aromatic carbocycles. The molecule has 0 saturated carbocycles. The summed E-state index contributed by atoms with van der Waals surface area (Å²) in [7, 11) is 0. The molecule has 0 N–H and O–H groups in total. The molecule has 0 aliphatic heterocycles. The highest BCUT2D eigenvalue weighted by atomic mass is 19.1. The maximum Gasteiger partial charge on any atom is 0.123 e. The van der Waals surface area contributed by atoms with Gasteiger partial charge in [0.1, 0.15) is 5.82 Å². The quantitative estimate of drug-likeness (QED) is 0.626. The minimum absolute atomic E-state index is 0.179. The van der Waals surface area contributed by atoms with Gasteiger partial charge in [-0.1, -0.05) is 30.7 Å². The van der Waals surface area contributed by atoms with Crippen LogP contribution < -0.4 is 0 Å². The predicted molar refractivity (Wildman–Crippen MR) is 50.3 cm³/mol. The van der Waals surface area contributed by atoms with Gasteiger partial charge in [0.05, 0.1) is 0 Å². The molecule has 64 valence electrons. The molecule has 1 aromatic rings. The second-order valence-electron chi connectivity index (χ2n) is 2.90. The van der Waals surface area contributed by atoms with Crippen molar-refractivity contribution in [3.63, 3.8) is 0 Å². The van der Waals surface area contributed by atoms with Crippen molar-refractivity contribution in [2.24, 2.45) is 0 Å². The molecule has 1 heteroatoms. The molecule has 0 spiro atoms. The summed E-state index contributed by atoms with van der Waals surface area (Å²) in [5.41, 5.74) is 2.37. The lowest BCUT2D eigenvalue weighted by molar-refractivity contribution is 0.628. The van der Waals surface area contributed by atoms with Crippen LogP contribution in [0.2, 0.25) is 0 Å². The number of allylic oxidation sites excluding steroid dienone is 1. The molecule has 0 amide bonds. The highest BCUT2D eigenvalue weighted by Gasteiger charge is 1.90. The molecular formula is C11H13F. The summed E-state index contributed by atoms with van der Waals surface area (Å²) in [6.07, 6.45) is 3.11. The standard InChI is InChI=1S/C11H13F/c1-3-9(2)8-10-4-6-11(12)7-5-10/h4-8H,3H2,1-2H3/b9-8+. The van der Waals surface area contributed by atoms with Gasteiger partial charge in [-0.15, -0.1) is 0 Å². The van der Waals surface area contributed by atoms with Crippen LogP contribution in [0.1, 0.15) is 25.8 Å². The smallest absolute Gasteiger partial charge is 0.123 e. The third kappa shape index (κ3) is 2.50. The van der Waals surface area contributed by atoms with Crippen LogP contribution >= 0.6 is 0 Å². The zero-order chi connectivity index (χ0) is 8.97. The first-order chi connectivity index (χ1) is 5.72. The SMILES string of the molecule is CC/C(C)=C/c1ccc(F)cc1. The van der Waals surface area contributed by atoms with E-state index in [0.29, 0.717) is 0 Å². The van der Waals surface area contributed by atoms with Crippen LogP contribution in [0.4, 0.5) is 4.39 Å². The van der Waals surface area contributed by atoms with E-state index in [9.17, 15) is 4.39 Å². The third-order valence-corrected chi connectivity index (χ3v) is 1.84. The Morgan fingerprint density at radius 3 is 2.42 bits per heavy atom. The zero-order valence-corrected chi connectivity index (χ0v) is 7.47. The molecule has 0 aliphatic rings. The molecule has 0 radical (unpaired) electrons. The summed E-state index contributed by atoms with van der Waals surface area (Å²) in [5.74, 6) is -0.179. The van der Waals surface area contributed by atoms with Gasteiger partial charge >= 0.3 is 0 Å². The predicted octanol–water partition coefficient (Wildman–Crippen LogP) is 3.64. The largest absolute Gasteiger partial charge is 0.207 e. The van der Waals surface area contributed by atoms with Gasteiger partial charge in [0, 0.05) is 0 Å². The van der Waals surface area contributed by atoms with Gasteiger partial charge < -0.3 is 0 Å². The van der Waals surface area contributed by atoms with E-state index in [2.05, 4.69) is 19.9 Å². The van der Waals surface area contributed by atoms with Crippen molar-refractivity contribution >= 4 is 6.08 Å². The fourth-order valence-corrected chi connectivity index (χ4v) is 0.946. The normalized spacial score (nSPS) is 11.8. The topological polar surface area (TPSA) is 0 Å². The molecule has 0 aromatic heterocycles. The van der Waals surface area contributed by atoms with E-state index in [-0.39, 0.29) is 5.82 Å². The molecule has 0 unspecified atom stereocenters. The van der Waals surface area contributed by atoms with Crippen LogP contribution in [0.5, 0.6) is 0 Å². The van der Waals surface area contributed by atoms with E-state index in [1.54, 1.807) is 12.1 Å². The maximum absolute atomic E-state index is 12.5. The molecule has 1 rings (SSSR count). The van der Waals surface area contributed by atoms with Crippen molar-refractivity contribution in [2.75, 3.05) is 0 Å². The van der Waals surface area contributed by atoms with Crippen LogP contribution in [0.15, 0.2) is 29.8 Å². The Balaban J connectivity index is 2.84. The van der Waals surface area contributed by atoms with Gasteiger partial charge in [-0.05, 0) is 31.0 Å². The Bertz CT molecular complexity index is 270. The fourth-order valence-electron chi connectivity index (χ4n) is 0.946. The summed E-state index contributed by atoms with van der Waals surface area (Å²) in [6.45, 7) is 4.18. The Kier molecular flexibility index (Phi) is 3.03. The molecule has 0 aliphatic carbocycles. The molecule has 0 saturated heterocycles. The molecule has 0 nitrogen and oxygen atoms in total. The van der Waals surface area contributed by atoms with E-state index in [0.717, 1.165) is 12.0 Å². The molecule has 0 heterocycles. The first-order valence-electron chi connectivity index (χ1n) is 4.15. The second kappa shape index (κ2) is 4.05. The summed E-state index contributed by atoms with van der Waals surface area (Å²) >= 11 is 0. The molecule has 0 atom stereocenters. The Hall–Kier alpha value is -1.11. The van der Waals surface area contributed by atoms with Crippen LogP contribution in [-0.4, -0.2) is 0 Å². The minimum Gasteiger partial charge on any atom is -0.207 e. The summed E-state index contributed by atoms with van der Waals surface area (Å²) < 4.78 is 12.5. The van der Waals surface area contributed by atoms with Gasteiger partial charge in [0.25, 0.3) is 0 Å². The van der Waals surface area contributed by atoms with Crippen LogP contribution in [-0.2, 0) is 0 Å². The number of hydrogen-bond donors (Lipinski definition) is 0. The van der Waals surface area contributed by atoms with E-state index in [1.165, 1.54) is 17.7 Å². The van der Waals surface area contributed by atoms with E-state index in [1.807, 2.05) is 0 Å². The second-order valence-corrected chi connectivity index (χ2v) is 2.90.